The first-order chi connectivity index (χ1) is 14.6. The Labute approximate surface area is 206 Å². The van der Waals surface area contributed by atoms with E-state index in [-0.39, 0.29) is 47.0 Å². The molecular weight excluding hydrogens is 425 g/mol. The average molecular weight is 450 g/mol. The summed E-state index contributed by atoms with van der Waals surface area (Å²) in [5.41, 5.74) is 3.44. The minimum absolute atomic E-state index is 0. The van der Waals surface area contributed by atoms with Crippen molar-refractivity contribution in [3.8, 4) is 0 Å². The molecule has 0 aliphatic carbocycles. The molecule has 7 nitrogen and oxygen atoms in total. The summed E-state index contributed by atoms with van der Waals surface area (Å²) in [6.07, 6.45) is 2.78. The molecule has 1 aliphatic rings. The molecule has 5 rings (SSSR count). The number of hydrogen-bond donors (Lipinski definition) is 2. The zero-order chi connectivity index (χ0) is 20.7. The number of nitrogens with zero attached hydrogens (tertiary/aromatic N) is 3. The van der Waals surface area contributed by atoms with Crippen LogP contribution < -0.4 is 11.4 Å². The van der Waals surface area contributed by atoms with Crippen LogP contribution in [0, 0.1) is 0 Å². The molecule has 2 aromatic heterocycles. The molecule has 9 heteroatoms. The summed E-state index contributed by atoms with van der Waals surface area (Å²) in [7, 11) is 0. The molecule has 0 atom stereocenters. The summed E-state index contributed by atoms with van der Waals surface area (Å²) in [6.45, 7) is 3.53. The molecule has 3 heterocycles. The van der Waals surface area contributed by atoms with E-state index in [2.05, 4.69) is 14.9 Å². The van der Waals surface area contributed by atoms with Crippen molar-refractivity contribution in [1.29, 1.82) is 0 Å². The molecule has 0 spiro atoms. The van der Waals surface area contributed by atoms with Gasteiger partial charge in [0.15, 0.2) is 0 Å². The van der Waals surface area contributed by atoms with Gasteiger partial charge in [0, 0.05) is 30.7 Å². The first-order valence-electron chi connectivity index (χ1n) is 10.4. The van der Waals surface area contributed by atoms with Gasteiger partial charge in [-0.2, -0.15) is 0 Å². The van der Waals surface area contributed by atoms with Crippen molar-refractivity contribution in [1.82, 2.24) is 24.0 Å². The molecule has 0 bridgehead atoms. The number of fused-ring (bicyclic) bond motifs is 2. The fraction of sp³-hybridized carbons (Fsp3) is 0.364. The van der Waals surface area contributed by atoms with Crippen molar-refractivity contribution in [3.05, 3.63) is 68.5 Å². The molecule has 0 radical (unpaired) electrons. The van der Waals surface area contributed by atoms with Crippen molar-refractivity contribution < 1.29 is 0 Å². The quantitative estimate of drug-likeness (QED) is 0.460. The predicted octanol–water partition coefficient (Wildman–Crippen LogP) is 2.70. The molecule has 0 unspecified atom stereocenters. The van der Waals surface area contributed by atoms with E-state index >= 15 is 0 Å². The fourth-order valence-corrected chi connectivity index (χ4v) is 4.82. The van der Waals surface area contributed by atoms with E-state index in [9.17, 15) is 9.59 Å². The fourth-order valence-electron chi connectivity index (χ4n) is 4.65. The van der Waals surface area contributed by atoms with Crippen LogP contribution in [-0.4, -0.2) is 73.2 Å². The van der Waals surface area contributed by atoms with Gasteiger partial charge in [-0.1, -0.05) is 23.7 Å². The number of rotatable bonds is 5. The van der Waals surface area contributed by atoms with Gasteiger partial charge in [0.1, 0.15) is 0 Å². The van der Waals surface area contributed by atoms with Gasteiger partial charge in [-0.3, -0.25) is 9.13 Å². The molecular formula is C22H25ClN5NaO2. The molecule has 1 saturated heterocycles. The van der Waals surface area contributed by atoms with E-state index in [1.54, 1.807) is 6.07 Å². The topological polar surface area (TPSA) is 78.8 Å². The van der Waals surface area contributed by atoms with Crippen molar-refractivity contribution in [3.63, 3.8) is 0 Å². The van der Waals surface area contributed by atoms with Crippen LogP contribution in [0.5, 0.6) is 0 Å². The molecule has 1 fully saturated rings. The number of likely N-dealkylation sites (tertiary alicyclic amines) is 1. The number of imidazole rings is 2. The van der Waals surface area contributed by atoms with Crippen LogP contribution in [0.25, 0.3) is 22.1 Å². The number of piperidine rings is 1. The Morgan fingerprint density at radius 3 is 2.45 bits per heavy atom. The van der Waals surface area contributed by atoms with Gasteiger partial charge >= 0.3 is 40.9 Å². The molecule has 31 heavy (non-hydrogen) atoms. The predicted molar refractivity (Wildman–Crippen MR) is 127 cm³/mol. The zero-order valence-electron chi connectivity index (χ0n) is 16.6. The van der Waals surface area contributed by atoms with Gasteiger partial charge in [-0.05, 0) is 56.1 Å². The van der Waals surface area contributed by atoms with Crippen LogP contribution in [0.2, 0.25) is 5.02 Å². The van der Waals surface area contributed by atoms with E-state index in [1.807, 2.05) is 45.5 Å². The van der Waals surface area contributed by atoms with Crippen molar-refractivity contribution in [2.45, 2.75) is 31.8 Å². The van der Waals surface area contributed by atoms with Gasteiger partial charge < -0.3 is 14.9 Å². The third kappa shape index (κ3) is 4.43. The summed E-state index contributed by atoms with van der Waals surface area (Å²) < 4.78 is 3.70. The molecule has 4 aromatic rings. The second-order valence-electron chi connectivity index (χ2n) is 7.99. The molecule has 0 amide bonds. The first-order valence-corrected chi connectivity index (χ1v) is 10.8. The van der Waals surface area contributed by atoms with Crippen molar-refractivity contribution in [2.75, 3.05) is 19.6 Å². The Bertz CT molecular complexity index is 1310. The molecule has 0 saturated carbocycles. The molecule has 1 aliphatic heterocycles. The number of benzene rings is 2. The number of para-hydroxylation sites is 2. The van der Waals surface area contributed by atoms with Crippen LogP contribution >= 0.6 is 11.6 Å². The maximum atomic E-state index is 12.5. The zero-order valence-corrected chi connectivity index (χ0v) is 17.4. The third-order valence-electron chi connectivity index (χ3n) is 6.14. The second-order valence-corrected chi connectivity index (χ2v) is 8.42. The number of aromatic nitrogens is 4. The Kier molecular flexibility index (Phi) is 6.79. The summed E-state index contributed by atoms with van der Waals surface area (Å²) in [6, 6.07) is 13.5. The first kappa shape index (κ1) is 22.4. The maximum absolute atomic E-state index is 12.5. The molecule has 158 valence electrons. The summed E-state index contributed by atoms with van der Waals surface area (Å²) in [5.74, 6) is 0. The Morgan fingerprint density at radius 2 is 1.65 bits per heavy atom. The summed E-state index contributed by atoms with van der Waals surface area (Å²) >= 11 is 6.05. The Hall–Kier alpha value is -1.77. The van der Waals surface area contributed by atoms with Crippen LogP contribution in [-0.2, 0) is 6.54 Å². The van der Waals surface area contributed by atoms with Gasteiger partial charge in [0.05, 0.1) is 22.1 Å². The van der Waals surface area contributed by atoms with Crippen LogP contribution in [0.1, 0.15) is 25.3 Å². The minimum atomic E-state index is -0.0653. The molecule has 2 N–H and O–H groups in total. The van der Waals surface area contributed by atoms with Crippen molar-refractivity contribution >= 4 is 63.2 Å². The molecule has 2 aromatic carbocycles. The number of nitrogens with one attached hydrogen (secondary N) is 2. The van der Waals surface area contributed by atoms with Crippen LogP contribution in [0.15, 0.2) is 52.1 Å². The summed E-state index contributed by atoms with van der Waals surface area (Å²) in [4.78, 5) is 32.9. The average Bonchev–Trinajstić information content (AvgIpc) is 3.23. The van der Waals surface area contributed by atoms with Gasteiger partial charge in [-0.15, -0.1) is 0 Å². The standard InChI is InChI=1S/C22H24ClN5O2.Na.H/c23-15-6-7-20-18(14-15)25-22(30)28(20)16-8-12-26(13-9-16)10-3-11-27-19-5-2-1-4-17(19)24-21(27)29;;/h1-2,4-7,14,16H,3,8-13H2,(H,24,29)(H,25,30);;. The Morgan fingerprint density at radius 1 is 0.903 bits per heavy atom. The SMILES string of the molecule is O=c1[nH]c2ccccc2n1CCCN1CCC(n2c(=O)[nH]c3cc(Cl)ccc32)CC1.[NaH]. The van der Waals surface area contributed by atoms with Gasteiger partial charge in [0.25, 0.3) is 0 Å². The normalized spacial score (nSPS) is 15.5. The van der Waals surface area contributed by atoms with Crippen molar-refractivity contribution in [2.24, 2.45) is 0 Å². The van der Waals surface area contributed by atoms with Gasteiger partial charge in [-0.25, -0.2) is 9.59 Å². The number of aryl methyl sites for hydroxylation is 1. The van der Waals surface area contributed by atoms with Gasteiger partial charge in [0.2, 0.25) is 0 Å². The monoisotopic (exact) mass is 449 g/mol. The van der Waals surface area contributed by atoms with E-state index < -0.39 is 0 Å². The number of halogens is 1. The number of H-pyrrole nitrogens is 2. The number of hydrogen-bond acceptors (Lipinski definition) is 3. The van der Waals surface area contributed by atoms with E-state index in [0.29, 0.717) is 11.6 Å². The summed E-state index contributed by atoms with van der Waals surface area (Å²) in [5, 5.41) is 0.625. The number of aromatic amines is 2. The van der Waals surface area contributed by atoms with E-state index in [0.717, 1.165) is 61.0 Å². The third-order valence-corrected chi connectivity index (χ3v) is 6.37. The van der Waals surface area contributed by atoms with Crippen LogP contribution in [0.3, 0.4) is 0 Å². The van der Waals surface area contributed by atoms with E-state index in [1.165, 1.54) is 0 Å². The Balaban J connectivity index is 0.00000231. The van der Waals surface area contributed by atoms with E-state index in [4.69, 9.17) is 11.6 Å². The van der Waals surface area contributed by atoms with Crippen LogP contribution in [0.4, 0.5) is 0 Å². The second kappa shape index (κ2) is 9.38.